The average molecular weight is 223 g/mol. The Bertz CT molecular complexity index is 517. The Hall–Kier alpha value is -1.67. The predicted octanol–water partition coefficient (Wildman–Crippen LogP) is 2.64. The first-order chi connectivity index (χ1) is 8.34. The van der Waals surface area contributed by atoms with E-state index < -0.39 is 0 Å². The van der Waals surface area contributed by atoms with Gasteiger partial charge in [-0.25, -0.2) is 5.32 Å². The average Bonchev–Trinajstić information content (AvgIpc) is 2.39. The van der Waals surface area contributed by atoms with Gasteiger partial charge in [-0.1, -0.05) is 30.3 Å². The number of nitrogens with zero attached hydrogens (tertiary/aromatic N) is 2. The van der Waals surface area contributed by atoms with Gasteiger partial charge in [0.25, 0.3) is 0 Å². The van der Waals surface area contributed by atoms with Gasteiger partial charge < -0.3 is 0 Å². The molecule has 0 amide bonds. The summed E-state index contributed by atoms with van der Waals surface area (Å²) >= 11 is 0. The van der Waals surface area contributed by atoms with Crippen LogP contribution >= 0.6 is 0 Å². The number of aromatic nitrogens is 1. The van der Waals surface area contributed by atoms with Crippen molar-refractivity contribution in [2.75, 3.05) is 6.54 Å². The minimum atomic E-state index is 0.174. The second-order valence-electron chi connectivity index (χ2n) is 4.49. The van der Waals surface area contributed by atoms with Crippen molar-refractivity contribution in [1.29, 1.82) is 0 Å². The molecule has 2 aromatic rings. The van der Waals surface area contributed by atoms with Crippen LogP contribution < -0.4 is 5.32 Å². The molecule has 2 nitrogen and oxygen atoms in total. The summed E-state index contributed by atoms with van der Waals surface area (Å²) in [5.41, 5.74) is 5.01. The van der Waals surface area contributed by atoms with Gasteiger partial charge in [0.2, 0.25) is 0 Å². The third-order valence-electron chi connectivity index (χ3n) is 3.29. The zero-order chi connectivity index (χ0) is 11.7. The molecule has 0 aliphatic carbocycles. The van der Waals surface area contributed by atoms with E-state index in [0.29, 0.717) is 0 Å². The van der Waals surface area contributed by atoms with Crippen molar-refractivity contribution in [2.24, 2.45) is 0 Å². The van der Waals surface area contributed by atoms with Crippen LogP contribution in [0.5, 0.6) is 0 Å². The molecule has 1 aromatic carbocycles. The quantitative estimate of drug-likeness (QED) is 0.730. The molecule has 0 saturated carbocycles. The molecule has 1 unspecified atom stereocenters. The lowest BCUT2D eigenvalue weighted by atomic mass is 9.90. The van der Waals surface area contributed by atoms with Crippen LogP contribution in [0, 0.1) is 6.92 Å². The third kappa shape index (κ3) is 1.96. The minimum absolute atomic E-state index is 0.174. The summed E-state index contributed by atoms with van der Waals surface area (Å²) in [4.78, 5) is 4.37. The first-order valence-electron chi connectivity index (χ1n) is 6.01. The minimum Gasteiger partial charge on any atom is -0.261 e. The molecule has 2 heteroatoms. The molecule has 17 heavy (non-hydrogen) atoms. The summed E-state index contributed by atoms with van der Waals surface area (Å²) in [6, 6.07) is 13.0. The maximum absolute atomic E-state index is 4.73. The van der Waals surface area contributed by atoms with Crippen LogP contribution in [-0.2, 0) is 6.42 Å². The molecular formula is C15H15N2. The lowest BCUT2D eigenvalue weighted by Gasteiger charge is -2.25. The molecular weight excluding hydrogens is 208 g/mol. The van der Waals surface area contributed by atoms with E-state index in [-0.39, 0.29) is 6.04 Å². The Morgan fingerprint density at radius 2 is 2.00 bits per heavy atom. The Morgan fingerprint density at radius 3 is 2.82 bits per heavy atom. The van der Waals surface area contributed by atoms with Gasteiger partial charge in [0.1, 0.15) is 0 Å². The van der Waals surface area contributed by atoms with E-state index in [1.165, 1.54) is 16.7 Å². The summed E-state index contributed by atoms with van der Waals surface area (Å²) in [6.45, 7) is 2.92. The Labute approximate surface area is 102 Å². The number of pyridine rings is 1. The molecule has 0 spiro atoms. The van der Waals surface area contributed by atoms with E-state index in [0.717, 1.165) is 18.7 Å². The van der Waals surface area contributed by atoms with Gasteiger partial charge in [-0.15, -0.1) is 0 Å². The van der Waals surface area contributed by atoms with Crippen molar-refractivity contribution in [3.8, 4) is 0 Å². The summed E-state index contributed by atoms with van der Waals surface area (Å²) in [5, 5.41) is 4.73. The fraction of sp³-hybridized carbons (Fsp3) is 0.267. The van der Waals surface area contributed by atoms with Crippen molar-refractivity contribution in [1.82, 2.24) is 10.3 Å². The molecule has 0 bridgehead atoms. The van der Waals surface area contributed by atoms with Crippen molar-refractivity contribution in [3.63, 3.8) is 0 Å². The van der Waals surface area contributed by atoms with Crippen molar-refractivity contribution in [3.05, 3.63) is 65.0 Å². The van der Waals surface area contributed by atoms with Gasteiger partial charge >= 0.3 is 0 Å². The Morgan fingerprint density at radius 1 is 1.12 bits per heavy atom. The fourth-order valence-electron chi connectivity index (χ4n) is 2.37. The van der Waals surface area contributed by atoms with E-state index in [2.05, 4.69) is 41.4 Å². The molecule has 1 radical (unpaired) electrons. The lowest BCUT2D eigenvalue weighted by Crippen LogP contribution is -2.24. The smallest absolute Gasteiger partial charge is 0.0763 e. The van der Waals surface area contributed by atoms with E-state index in [4.69, 9.17) is 5.32 Å². The highest BCUT2D eigenvalue weighted by Gasteiger charge is 2.21. The zero-order valence-electron chi connectivity index (χ0n) is 9.93. The van der Waals surface area contributed by atoms with Crippen molar-refractivity contribution >= 4 is 0 Å². The molecule has 1 aliphatic rings. The second-order valence-corrected chi connectivity index (χ2v) is 4.49. The molecule has 0 saturated heterocycles. The molecule has 1 atom stereocenters. The van der Waals surface area contributed by atoms with Crippen LogP contribution in [0.15, 0.2) is 42.6 Å². The standard InChI is InChI=1S/C15H15N2/c1-11-6-7-13(10-17-11)15-14-5-3-2-4-12(14)8-9-16-15/h2-7,10,15H,8-9H2,1H3. The number of aryl methyl sites for hydroxylation is 1. The maximum Gasteiger partial charge on any atom is 0.0763 e. The monoisotopic (exact) mass is 223 g/mol. The van der Waals surface area contributed by atoms with Crippen molar-refractivity contribution < 1.29 is 0 Å². The Balaban J connectivity index is 2.03. The molecule has 2 heterocycles. The van der Waals surface area contributed by atoms with E-state index >= 15 is 0 Å². The summed E-state index contributed by atoms with van der Waals surface area (Å²) in [5.74, 6) is 0. The highest BCUT2D eigenvalue weighted by molar-refractivity contribution is 5.38. The van der Waals surface area contributed by atoms with E-state index in [9.17, 15) is 0 Å². The van der Waals surface area contributed by atoms with Crippen LogP contribution in [0.4, 0.5) is 0 Å². The second kappa shape index (κ2) is 4.30. The van der Waals surface area contributed by atoms with Gasteiger partial charge in [-0.2, -0.15) is 0 Å². The van der Waals surface area contributed by atoms with Gasteiger partial charge in [0.15, 0.2) is 0 Å². The van der Waals surface area contributed by atoms with Crippen LogP contribution in [-0.4, -0.2) is 11.5 Å². The van der Waals surface area contributed by atoms with Gasteiger partial charge in [-0.3, -0.25) is 4.98 Å². The molecule has 0 fully saturated rings. The van der Waals surface area contributed by atoms with Crippen LogP contribution in [0.2, 0.25) is 0 Å². The molecule has 3 rings (SSSR count). The van der Waals surface area contributed by atoms with Crippen LogP contribution in [0.3, 0.4) is 0 Å². The number of fused-ring (bicyclic) bond motifs is 1. The summed E-state index contributed by atoms with van der Waals surface area (Å²) in [6.07, 6.45) is 3.01. The largest absolute Gasteiger partial charge is 0.261 e. The Kier molecular flexibility index (Phi) is 2.65. The van der Waals surface area contributed by atoms with Crippen molar-refractivity contribution in [2.45, 2.75) is 19.4 Å². The highest BCUT2D eigenvalue weighted by Crippen LogP contribution is 2.29. The summed E-state index contributed by atoms with van der Waals surface area (Å²) < 4.78 is 0. The van der Waals surface area contributed by atoms with Gasteiger partial charge in [0, 0.05) is 18.4 Å². The lowest BCUT2D eigenvalue weighted by molar-refractivity contribution is 0.554. The van der Waals surface area contributed by atoms with E-state index in [1.807, 2.05) is 13.1 Å². The first kappa shape index (κ1) is 10.5. The third-order valence-corrected chi connectivity index (χ3v) is 3.29. The molecule has 0 N–H and O–H groups in total. The maximum atomic E-state index is 4.73. The normalized spacial score (nSPS) is 18.8. The van der Waals surface area contributed by atoms with Crippen LogP contribution in [0.1, 0.15) is 28.4 Å². The zero-order valence-corrected chi connectivity index (χ0v) is 9.93. The number of hydrogen-bond acceptors (Lipinski definition) is 1. The fourth-order valence-corrected chi connectivity index (χ4v) is 2.37. The topological polar surface area (TPSA) is 27.0 Å². The number of benzene rings is 1. The highest BCUT2D eigenvalue weighted by atomic mass is 14.9. The molecule has 1 aromatic heterocycles. The predicted molar refractivity (Wildman–Crippen MR) is 68.0 cm³/mol. The SMILES string of the molecule is Cc1ccc(C2[N]CCc3ccccc32)cn1. The number of hydrogen-bond donors (Lipinski definition) is 0. The summed E-state index contributed by atoms with van der Waals surface area (Å²) in [7, 11) is 0. The first-order valence-corrected chi connectivity index (χ1v) is 6.01. The van der Waals surface area contributed by atoms with Crippen LogP contribution in [0.25, 0.3) is 0 Å². The van der Waals surface area contributed by atoms with E-state index in [1.54, 1.807) is 0 Å². The van der Waals surface area contributed by atoms with Gasteiger partial charge in [-0.05, 0) is 36.1 Å². The molecule has 1 aliphatic heterocycles. The number of rotatable bonds is 1. The molecule has 85 valence electrons. The van der Waals surface area contributed by atoms with Gasteiger partial charge in [0.05, 0.1) is 6.04 Å².